The van der Waals surface area contributed by atoms with Crippen molar-refractivity contribution >= 4 is 17.9 Å². The number of allylic oxidation sites excluding steroid dienone is 1. The van der Waals surface area contributed by atoms with E-state index in [1.165, 1.54) is 12.1 Å². The van der Waals surface area contributed by atoms with Crippen LogP contribution in [0.2, 0.25) is 0 Å². The first-order valence-electron chi connectivity index (χ1n) is 5.69. The van der Waals surface area contributed by atoms with Gasteiger partial charge in [0, 0.05) is 5.57 Å². The molecule has 0 N–H and O–H groups in total. The van der Waals surface area contributed by atoms with Gasteiger partial charge in [-0.2, -0.15) is 0 Å². The fourth-order valence-electron chi connectivity index (χ4n) is 1.77. The van der Waals surface area contributed by atoms with Crippen LogP contribution in [0.15, 0.2) is 48.5 Å². The molecule has 2 aromatic rings. The van der Waals surface area contributed by atoms with Gasteiger partial charge in [0.1, 0.15) is 5.82 Å². The standard InChI is InChI=1S/C16H13FO/c1-12-5-2-3-6-13(12)9-15(11-18)14-7-4-8-16(17)10-14/h2-11H,1H3. The van der Waals surface area contributed by atoms with E-state index in [4.69, 9.17) is 0 Å². The van der Waals surface area contributed by atoms with Crippen LogP contribution >= 0.6 is 0 Å². The van der Waals surface area contributed by atoms with E-state index in [2.05, 4.69) is 0 Å². The minimum absolute atomic E-state index is 0.343. The Bertz CT molecular complexity index is 600. The Labute approximate surface area is 106 Å². The predicted octanol–water partition coefficient (Wildman–Crippen LogP) is 3.87. The maximum absolute atomic E-state index is 13.1. The molecule has 0 aliphatic rings. The number of rotatable bonds is 3. The monoisotopic (exact) mass is 240 g/mol. The highest BCUT2D eigenvalue weighted by atomic mass is 19.1. The molecule has 1 nitrogen and oxygen atoms in total. The van der Waals surface area contributed by atoms with Crippen molar-refractivity contribution in [3.8, 4) is 0 Å². The zero-order valence-corrected chi connectivity index (χ0v) is 10.1. The third-order valence-electron chi connectivity index (χ3n) is 2.78. The van der Waals surface area contributed by atoms with E-state index in [1.54, 1.807) is 18.2 Å². The van der Waals surface area contributed by atoms with Gasteiger partial charge in [-0.3, -0.25) is 4.79 Å². The summed E-state index contributed by atoms with van der Waals surface area (Å²) in [4.78, 5) is 11.1. The summed E-state index contributed by atoms with van der Waals surface area (Å²) in [5.41, 5.74) is 3.11. The maximum Gasteiger partial charge on any atom is 0.150 e. The zero-order valence-electron chi connectivity index (χ0n) is 10.1. The summed E-state index contributed by atoms with van der Waals surface area (Å²) in [5, 5.41) is 0. The van der Waals surface area contributed by atoms with Crippen LogP contribution < -0.4 is 0 Å². The molecular formula is C16H13FO. The molecular weight excluding hydrogens is 227 g/mol. The van der Waals surface area contributed by atoms with Crippen molar-refractivity contribution in [2.75, 3.05) is 0 Å². The van der Waals surface area contributed by atoms with Crippen molar-refractivity contribution in [3.05, 3.63) is 71.0 Å². The summed E-state index contributed by atoms with van der Waals surface area (Å²) in [6.07, 6.45) is 2.53. The molecule has 0 spiro atoms. The third kappa shape index (κ3) is 2.72. The van der Waals surface area contributed by atoms with Crippen LogP contribution in [0.4, 0.5) is 4.39 Å². The van der Waals surface area contributed by atoms with Gasteiger partial charge in [0.05, 0.1) is 0 Å². The highest BCUT2D eigenvalue weighted by Crippen LogP contribution is 2.19. The first kappa shape index (κ1) is 12.2. The van der Waals surface area contributed by atoms with E-state index in [-0.39, 0.29) is 5.82 Å². The van der Waals surface area contributed by atoms with Gasteiger partial charge in [0.2, 0.25) is 0 Å². The van der Waals surface area contributed by atoms with Gasteiger partial charge in [-0.1, -0.05) is 36.4 Å². The van der Waals surface area contributed by atoms with Crippen molar-refractivity contribution in [1.29, 1.82) is 0 Å². The Morgan fingerprint density at radius 3 is 2.56 bits per heavy atom. The molecule has 0 aromatic heterocycles. The number of hydrogen-bond donors (Lipinski definition) is 0. The van der Waals surface area contributed by atoms with Crippen molar-refractivity contribution < 1.29 is 9.18 Å². The molecule has 0 amide bonds. The molecule has 0 heterocycles. The zero-order chi connectivity index (χ0) is 13.0. The fourth-order valence-corrected chi connectivity index (χ4v) is 1.77. The highest BCUT2D eigenvalue weighted by molar-refractivity contribution is 6.13. The third-order valence-corrected chi connectivity index (χ3v) is 2.78. The van der Waals surface area contributed by atoms with Gasteiger partial charge in [-0.25, -0.2) is 4.39 Å². The Morgan fingerprint density at radius 2 is 1.89 bits per heavy atom. The molecule has 0 radical (unpaired) electrons. The quantitative estimate of drug-likeness (QED) is 0.452. The first-order chi connectivity index (χ1) is 8.70. The number of benzene rings is 2. The van der Waals surface area contributed by atoms with Crippen molar-refractivity contribution in [1.82, 2.24) is 0 Å². The molecule has 2 rings (SSSR count). The van der Waals surface area contributed by atoms with Gasteiger partial charge >= 0.3 is 0 Å². The van der Waals surface area contributed by atoms with E-state index >= 15 is 0 Å². The van der Waals surface area contributed by atoms with E-state index in [1.807, 2.05) is 31.2 Å². The van der Waals surface area contributed by atoms with Gasteiger partial charge < -0.3 is 0 Å². The number of halogens is 1. The molecule has 90 valence electrons. The van der Waals surface area contributed by atoms with Crippen molar-refractivity contribution in [2.45, 2.75) is 6.92 Å². The van der Waals surface area contributed by atoms with Crippen LogP contribution in [0.25, 0.3) is 11.6 Å². The number of carbonyl (C=O) groups excluding carboxylic acids is 1. The number of hydrogen-bond acceptors (Lipinski definition) is 1. The largest absolute Gasteiger partial charge is 0.298 e. The Kier molecular flexibility index (Phi) is 3.68. The van der Waals surface area contributed by atoms with Crippen LogP contribution in [-0.2, 0) is 4.79 Å². The van der Waals surface area contributed by atoms with Crippen LogP contribution in [0.3, 0.4) is 0 Å². The lowest BCUT2D eigenvalue weighted by Crippen LogP contribution is -1.88. The van der Waals surface area contributed by atoms with Crippen LogP contribution in [0.5, 0.6) is 0 Å². The fraction of sp³-hybridized carbons (Fsp3) is 0.0625. The molecule has 18 heavy (non-hydrogen) atoms. The van der Waals surface area contributed by atoms with Crippen molar-refractivity contribution in [2.24, 2.45) is 0 Å². The van der Waals surface area contributed by atoms with Gasteiger partial charge in [-0.05, 0) is 41.8 Å². The summed E-state index contributed by atoms with van der Waals surface area (Å²) < 4.78 is 13.1. The highest BCUT2D eigenvalue weighted by Gasteiger charge is 2.03. The second kappa shape index (κ2) is 5.41. The second-order valence-electron chi connectivity index (χ2n) is 4.08. The van der Waals surface area contributed by atoms with E-state index < -0.39 is 0 Å². The SMILES string of the molecule is Cc1ccccc1C=C(C=O)c1cccc(F)c1. The molecule has 0 atom stereocenters. The van der Waals surface area contributed by atoms with Gasteiger partial charge in [0.15, 0.2) is 6.29 Å². The summed E-state index contributed by atoms with van der Waals surface area (Å²) in [6, 6.07) is 13.8. The van der Waals surface area contributed by atoms with E-state index in [0.717, 1.165) is 17.4 Å². The molecule has 0 fully saturated rings. The second-order valence-corrected chi connectivity index (χ2v) is 4.08. The molecule has 0 aliphatic heterocycles. The molecule has 2 heteroatoms. The summed E-state index contributed by atoms with van der Waals surface area (Å²) >= 11 is 0. The lowest BCUT2D eigenvalue weighted by Gasteiger charge is -2.03. The maximum atomic E-state index is 13.1. The molecule has 0 saturated heterocycles. The lowest BCUT2D eigenvalue weighted by atomic mass is 10.0. The summed E-state index contributed by atoms with van der Waals surface area (Å²) in [5.74, 6) is -0.343. The number of aryl methyl sites for hydroxylation is 1. The average Bonchev–Trinajstić information content (AvgIpc) is 2.38. The Hall–Kier alpha value is -2.22. The van der Waals surface area contributed by atoms with Gasteiger partial charge in [0.25, 0.3) is 0 Å². The Morgan fingerprint density at radius 1 is 1.11 bits per heavy atom. The van der Waals surface area contributed by atoms with E-state index in [0.29, 0.717) is 11.1 Å². The van der Waals surface area contributed by atoms with Crippen LogP contribution in [0, 0.1) is 12.7 Å². The van der Waals surface area contributed by atoms with Crippen LogP contribution in [-0.4, -0.2) is 6.29 Å². The minimum atomic E-state index is -0.343. The summed E-state index contributed by atoms with van der Waals surface area (Å²) in [7, 11) is 0. The van der Waals surface area contributed by atoms with E-state index in [9.17, 15) is 9.18 Å². The average molecular weight is 240 g/mol. The first-order valence-corrected chi connectivity index (χ1v) is 5.69. The summed E-state index contributed by atoms with van der Waals surface area (Å²) in [6.45, 7) is 1.97. The van der Waals surface area contributed by atoms with Crippen molar-refractivity contribution in [3.63, 3.8) is 0 Å². The number of aldehydes is 1. The number of carbonyl (C=O) groups is 1. The molecule has 0 aliphatic carbocycles. The topological polar surface area (TPSA) is 17.1 Å². The molecule has 0 bridgehead atoms. The normalized spacial score (nSPS) is 11.3. The van der Waals surface area contributed by atoms with Gasteiger partial charge in [-0.15, -0.1) is 0 Å². The molecule has 0 unspecified atom stereocenters. The Balaban J connectivity index is 2.46. The lowest BCUT2D eigenvalue weighted by molar-refractivity contribution is -0.103. The minimum Gasteiger partial charge on any atom is -0.298 e. The molecule has 2 aromatic carbocycles. The predicted molar refractivity (Wildman–Crippen MR) is 71.5 cm³/mol. The molecule has 0 saturated carbocycles. The smallest absolute Gasteiger partial charge is 0.150 e. The van der Waals surface area contributed by atoms with Crippen LogP contribution in [0.1, 0.15) is 16.7 Å².